The van der Waals surface area contributed by atoms with E-state index in [-0.39, 0.29) is 11.3 Å². The second-order valence-electron chi connectivity index (χ2n) is 9.95. The lowest BCUT2D eigenvalue weighted by Gasteiger charge is -2.19. The summed E-state index contributed by atoms with van der Waals surface area (Å²) in [5, 5.41) is 10.8. The lowest BCUT2D eigenvalue weighted by Crippen LogP contribution is -2.36. The fourth-order valence-corrected chi connectivity index (χ4v) is 3.82. The van der Waals surface area contributed by atoms with Crippen LogP contribution in [-0.4, -0.2) is 21.6 Å². The Morgan fingerprint density at radius 1 is 1.03 bits per heavy atom. The second kappa shape index (κ2) is 10.7. The van der Waals surface area contributed by atoms with Crippen LogP contribution in [0.1, 0.15) is 72.4 Å². The number of hydrogen-bond acceptors (Lipinski definition) is 3. The third kappa shape index (κ3) is 6.80. The first-order valence-corrected chi connectivity index (χ1v) is 11.9. The van der Waals surface area contributed by atoms with Crippen molar-refractivity contribution in [1.29, 1.82) is 0 Å². The average molecular weight is 460 g/mol. The molecular formula is C28H37N5O. The molecule has 0 saturated heterocycles. The first-order valence-electron chi connectivity index (χ1n) is 11.9. The van der Waals surface area contributed by atoms with E-state index < -0.39 is 0 Å². The van der Waals surface area contributed by atoms with E-state index in [1.54, 1.807) is 0 Å². The number of nitrogens with zero attached hydrogens (tertiary/aromatic N) is 3. The molecule has 0 unspecified atom stereocenters. The molecule has 0 bridgehead atoms. The molecule has 2 N–H and O–H groups in total. The lowest BCUT2D eigenvalue weighted by molar-refractivity contribution is 0.0977. The summed E-state index contributed by atoms with van der Waals surface area (Å²) >= 11 is 0. The van der Waals surface area contributed by atoms with Crippen LogP contribution >= 0.6 is 0 Å². The van der Waals surface area contributed by atoms with Gasteiger partial charge in [0, 0.05) is 29.6 Å². The van der Waals surface area contributed by atoms with Crippen molar-refractivity contribution in [2.75, 3.05) is 5.32 Å². The Kier molecular flexibility index (Phi) is 7.92. The normalized spacial score (nSPS) is 12.0. The molecule has 6 heteroatoms. The number of carbonyl (C=O) groups is 1. The lowest BCUT2D eigenvalue weighted by atomic mass is 9.87. The maximum absolute atomic E-state index is 13.1. The maximum atomic E-state index is 13.1. The van der Waals surface area contributed by atoms with E-state index in [1.165, 1.54) is 5.56 Å². The van der Waals surface area contributed by atoms with E-state index in [2.05, 4.69) is 63.3 Å². The predicted octanol–water partition coefficient (Wildman–Crippen LogP) is 5.91. The molecule has 180 valence electrons. The third-order valence-corrected chi connectivity index (χ3v) is 5.64. The Bertz CT molecular complexity index is 1150. The van der Waals surface area contributed by atoms with Gasteiger partial charge in [0.05, 0.1) is 12.2 Å². The van der Waals surface area contributed by atoms with Gasteiger partial charge in [-0.2, -0.15) is 5.10 Å². The summed E-state index contributed by atoms with van der Waals surface area (Å²) in [5.74, 6) is 0.215. The van der Waals surface area contributed by atoms with E-state index in [4.69, 9.17) is 4.99 Å². The summed E-state index contributed by atoms with van der Waals surface area (Å²) in [6.45, 7) is 16.0. The number of guanidine groups is 1. The highest BCUT2D eigenvalue weighted by Gasteiger charge is 2.15. The number of carbonyl (C=O) groups excluding carboxylic acids is 1. The molecule has 0 aliphatic rings. The van der Waals surface area contributed by atoms with Gasteiger partial charge in [0.2, 0.25) is 5.96 Å². The van der Waals surface area contributed by atoms with Crippen LogP contribution < -0.4 is 10.6 Å². The van der Waals surface area contributed by atoms with Gasteiger partial charge >= 0.3 is 0 Å². The van der Waals surface area contributed by atoms with Gasteiger partial charge in [0.1, 0.15) is 0 Å². The zero-order valence-corrected chi connectivity index (χ0v) is 21.5. The third-order valence-electron chi connectivity index (χ3n) is 5.64. The molecule has 0 aliphatic heterocycles. The highest BCUT2D eigenvalue weighted by Crippen LogP contribution is 2.22. The van der Waals surface area contributed by atoms with Crippen molar-refractivity contribution in [2.45, 2.75) is 73.4 Å². The molecule has 0 atom stereocenters. The van der Waals surface area contributed by atoms with Gasteiger partial charge in [0.15, 0.2) is 0 Å². The molecule has 3 rings (SSSR count). The largest absolute Gasteiger partial charge is 0.326 e. The number of hydrogen-bond donors (Lipinski definition) is 2. The highest BCUT2D eigenvalue weighted by atomic mass is 16.1. The minimum absolute atomic E-state index is 0.0340. The zero-order valence-electron chi connectivity index (χ0n) is 21.5. The fourth-order valence-electron chi connectivity index (χ4n) is 3.82. The van der Waals surface area contributed by atoms with Crippen LogP contribution in [0, 0.1) is 20.8 Å². The van der Waals surface area contributed by atoms with E-state index >= 15 is 0 Å². The number of amides is 1. The average Bonchev–Trinajstić information content (AvgIpc) is 3.10. The van der Waals surface area contributed by atoms with Crippen molar-refractivity contribution < 1.29 is 4.79 Å². The number of aryl methyl sites for hydroxylation is 4. The zero-order chi connectivity index (χ0) is 24.9. The summed E-state index contributed by atoms with van der Waals surface area (Å²) in [5.41, 5.74) is 6.97. The van der Waals surface area contributed by atoms with Crippen molar-refractivity contribution in [3.63, 3.8) is 0 Å². The van der Waals surface area contributed by atoms with Crippen LogP contribution in [0.25, 0.3) is 0 Å². The molecule has 2 aromatic carbocycles. The molecule has 0 aliphatic carbocycles. The predicted molar refractivity (Wildman–Crippen MR) is 141 cm³/mol. The van der Waals surface area contributed by atoms with Crippen molar-refractivity contribution >= 4 is 17.6 Å². The molecule has 6 nitrogen and oxygen atoms in total. The van der Waals surface area contributed by atoms with Crippen molar-refractivity contribution in [1.82, 2.24) is 15.1 Å². The van der Waals surface area contributed by atoms with Crippen LogP contribution in [0.4, 0.5) is 5.69 Å². The standard InChI is InChI=1S/C28H37N5O/c1-8-13-33-18-23(21(4)32-33)17-29-27(30-25-15-19(2)14-20(3)16-25)31-26(34)22-9-11-24(12-10-22)28(5,6)7/h9-12,14-16,18H,8,13,17H2,1-7H3,(H2,29,30,31,34). The van der Waals surface area contributed by atoms with Gasteiger partial charge < -0.3 is 5.32 Å². The van der Waals surface area contributed by atoms with Crippen LogP contribution in [0.5, 0.6) is 0 Å². The van der Waals surface area contributed by atoms with Crippen LogP contribution in [0.2, 0.25) is 0 Å². The van der Waals surface area contributed by atoms with E-state index in [0.717, 1.165) is 41.0 Å². The smallest absolute Gasteiger partial charge is 0.257 e. The van der Waals surface area contributed by atoms with Gasteiger partial charge in [-0.1, -0.05) is 45.9 Å². The Balaban J connectivity index is 1.84. The molecule has 3 aromatic rings. The van der Waals surface area contributed by atoms with Crippen molar-refractivity contribution in [3.05, 3.63) is 82.2 Å². The Morgan fingerprint density at radius 2 is 1.68 bits per heavy atom. The van der Waals surface area contributed by atoms with E-state index in [0.29, 0.717) is 18.1 Å². The van der Waals surface area contributed by atoms with Crippen LogP contribution in [-0.2, 0) is 18.5 Å². The van der Waals surface area contributed by atoms with E-state index in [1.807, 2.05) is 54.2 Å². The molecular weight excluding hydrogens is 422 g/mol. The summed E-state index contributed by atoms with van der Waals surface area (Å²) < 4.78 is 1.95. The second-order valence-corrected chi connectivity index (χ2v) is 9.95. The minimum Gasteiger partial charge on any atom is -0.326 e. The highest BCUT2D eigenvalue weighted by molar-refractivity contribution is 6.10. The molecule has 1 amide bonds. The number of nitrogens with one attached hydrogen (secondary N) is 2. The van der Waals surface area contributed by atoms with Gasteiger partial charge in [-0.15, -0.1) is 0 Å². The summed E-state index contributed by atoms with van der Waals surface area (Å²) in [7, 11) is 0. The van der Waals surface area contributed by atoms with E-state index in [9.17, 15) is 4.79 Å². The summed E-state index contributed by atoms with van der Waals surface area (Å²) in [6, 6.07) is 13.9. The topological polar surface area (TPSA) is 71.3 Å². The molecule has 0 saturated carbocycles. The number of aliphatic imine (C=N–C) groups is 1. The minimum atomic E-state index is -0.200. The molecule has 34 heavy (non-hydrogen) atoms. The Hall–Kier alpha value is -3.41. The SMILES string of the molecule is CCCn1cc(CN=C(NC(=O)c2ccc(C(C)(C)C)cc2)Nc2cc(C)cc(C)c2)c(C)n1. The van der Waals surface area contributed by atoms with Gasteiger partial charge in [-0.3, -0.25) is 14.8 Å². The molecule has 0 radical (unpaired) electrons. The first kappa shape index (κ1) is 25.2. The van der Waals surface area contributed by atoms with Gasteiger partial charge in [-0.25, -0.2) is 4.99 Å². The Labute approximate surface area is 203 Å². The van der Waals surface area contributed by atoms with Crippen molar-refractivity contribution in [2.24, 2.45) is 4.99 Å². The van der Waals surface area contributed by atoms with Crippen LogP contribution in [0.3, 0.4) is 0 Å². The molecule has 0 spiro atoms. The fraction of sp³-hybridized carbons (Fsp3) is 0.393. The number of rotatable bonds is 6. The van der Waals surface area contributed by atoms with Crippen molar-refractivity contribution in [3.8, 4) is 0 Å². The van der Waals surface area contributed by atoms with Gasteiger partial charge in [-0.05, 0) is 73.6 Å². The summed E-state index contributed by atoms with van der Waals surface area (Å²) in [4.78, 5) is 17.8. The van der Waals surface area contributed by atoms with Crippen LogP contribution in [0.15, 0.2) is 53.7 Å². The summed E-state index contributed by atoms with van der Waals surface area (Å²) in [6.07, 6.45) is 3.05. The number of benzene rings is 2. The quantitative estimate of drug-likeness (QED) is 0.355. The molecule has 1 heterocycles. The first-order chi connectivity index (χ1) is 16.0. The number of anilines is 1. The number of aromatic nitrogens is 2. The molecule has 0 fully saturated rings. The Morgan fingerprint density at radius 3 is 2.26 bits per heavy atom. The van der Waals surface area contributed by atoms with Gasteiger partial charge in [0.25, 0.3) is 5.91 Å². The molecule has 1 aromatic heterocycles. The monoisotopic (exact) mass is 459 g/mol. The maximum Gasteiger partial charge on any atom is 0.257 e.